The number of ether oxygens (including phenoxy) is 1. The van der Waals surface area contributed by atoms with Crippen LogP contribution in [0.1, 0.15) is 65.5 Å². The first kappa shape index (κ1) is 17.8. The lowest BCUT2D eigenvalue weighted by Crippen LogP contribution is -2.31. The summed E-state index contributed by atoms with van der Waals surface area (Å²) in [5.41, 5.74) is 3.62. The standard InChI is InChI=1S/C21H30O2/c1-20(2,3)14-17(19(22)23-21(4,5)6)13-16-12-11-15-9-7-8-10-18(15)16/h7-10,12,17H,11,13-14H2,1-6H3. The fourth-order valence-corrected chi connectivity index (χ4v) is 3.18. The molecule has 2 rings (SSSR count). The fraction of sp³-hybridized carbons (Fsp3) is 0.571. The van der Waals surface area contributed by atoms with Crippen LogP contribution in [0, 0.1) is 11.3 Å². The SMILES string of the molecule is CC(C)(C)CC(CC1=CCc2ccccc21)C(=O)OC(C)(C)C. The molecule has 0 N–H and O–H groups in total. The third-order valence-corrected chi connectivity index (χ3v) is 4.00. The summed E-state index contributed by atoms with van der Waals surface area (Å²) in [5.74, 6) is -0.163. The second-order valence-corrected chi connectivity index (χ2v) is 8.79. The summed E-state index contributed by atoms with van der Waals surface area (Å²) in [6.45, 7) is 12.3. The molecule has 1 aliphatic rings. The average Bonchev–Trinajstić information content (AvgIpc) is 2.78. The molecule has 23 heavy (non-hydrogen) atoms. The van der Waals surface area contributed by atoms with E-state index in [1.807, 2.05) is 20.8 Å². The second-order valence-electron chi connectivity index (χ2n) is 8.79. The van der Waals surface area contributed by atoms with Crippen molar-refractivity contribution in [3.8, 4) is 0 Å². The van der Waals surface area contributed by atoms with Gasteiger partial charge in [0.1, 0.15) is 5.60 Å². The Morgan fingerprint density at radius 1 is 1.13 bits per heavy atom. The van der Waals surface area contributed by atoms with Gasteiger partial charge in [-0.25, -0.2) is 0 Å². The second kappa shape index (κ2) is 6.51. The Balaban J connectivity index is 2.17. The Hall–Kier alpha value is -1.57. The molecule has 1 aromatic rings. The number of allylic oxidation sites excluding steroid dienone is 2. The van der Waals surface area contributed by atoms with Crippen LogP contribution in [0.25, 0.3) is 5.57 Å². The van der Waals surface area contributed by atoms with Crippen molar-refractivity contribution < 1.29 is 9.53 Å². The zero-order valence-electron chi connectivity index (χ0n) is 15.4. The lowest BCUT2D eigenvalue weighted by molar-refractivity contribution is -0.160. The Morgan fingerprint density at radius 2 is 1.78 bits per heavy atom. The molecule has 0 heterocycles. The molecule has 0 fully saturated rings. The molecule has 0 aromatic heterocycles. The highest BCUT2D eigenvalue weighted by molar-refractivity contribution is 5.79. The molecule has 0 saturated carbocycles. The van der Waals surface area contributed by atoms with E-state index in [0.717, 1.165) is 19.3 Å². The molecule has 126 valence electrons. The van der Waals surface area contributed by atoms with E-state index in [4.69, 9.17) is 4.74 Å². The summed E-state index contributed by atoms with van der Waals surface area (Å²) < 4.78 is 5.68. The zero-order valence-corrected chi connectivity index (χ0v) is 15.4. The molecule has 0 amide bonds. The first-order valence-electron chi connectivity index (χ1n) is 8.55. The van der Waals surface area contributed by atoms with Gasteiger partial charge in [0, 0.05) is 0 Å². The van der Waals surface area contributed by atoms with Crippen LogP contribution in [-0.2, 0) is 16.0 Å². The summed E-state index contributed by atoms with van der Waals surface area (Å²) in [6.07, 6.45) is 4.84. The maximum atomic E-state index is 12.7. The quantitative estimate of drug-likeness (QED) is 0.695. The van der Waals surface area contributed by atoms with Gasteiger partial charge in [-0.05, 0) is 62.1 Å². The van der Waals surface area contributed by atoms with Crippen molar-refractivity contribution in [2.24, 2.45) is 11.3 Å². The smallest absolute Gasteiger partial charge is 0.309 e. The predicted octanol–water partition coefficient (Wildman–Crippen LogP) is 5.41. The van der Waals surface area contributed by atoms with Crippen LogP contribution in [0.3, 0.4) is 0 Å². The minimum atomic E-state index is -0.435. The molecule has 2 heteroatoms. The molecule has 0 saturated heterocycles. The number of fused-ring (bicyclic) bond motifs is 1. The molecule has 1 aliphatic carbocycles. The van der Waals surface area contributed by atoms with Gasteiger partial charge >= 0.3 is 5.97 Å². The highest BCUT2D eigenvalue weighted by Crippen LogP contribution is 2.36. The molecule has 1 atom stereocenters. The molecule has 2 nitrogen and oxygen atoms in total. The topological polar surface area (TPSA) is 26.3 Å². The number of benzene rings is 1. The Bertz CT molecular complexity index is 597. The summed E-state index contributed by atoms with van der Waals surface area (Å²) in [5, 5.41) is 0. The van der Waals surface area contributed by atoms with Gasteiger partial charge < -0.3 is 4.74 Å². The molecule has 1 aromatic carbocycles. The van der Waals surface area contributed by atoms with E-state index in [9.17, 15) is 4.79 Å². The Morgan fingerprint density at radius 3 is 2.39 bits per heavy atom. The predicted molar refractivity (Wildman–Crippen MR) is 96.1 cm³/mol. The fourth-order valence-electron chi connectivity index (χ4n) is 3.18. The van der Waals surface area contributed by atoms with E-state index in [1.54, 1.807) is 0 Å². The number of rotatable bonds is 4. The number of hydrogen-bond donors (Lipinski definition) is 0. The van der Waals surface area contributed by atoms with Gasteiger partial charge in [-0.2, -0.15) is 0 Å². The maximum absolute atomic E-state index is 12.7. The molecule has 0 radical (unpaired) electrons. The van der Waals surface area contributed by atoms with Crippen molar-refractivity contribution in [2.45, 2.75) is 66.4 Å². The molecule has 0 spiro atoms. The first-order chi connectivity index (χ1) is 10.6. The van der Waals surface area contributed by atoms with Gasteiger partial charge in [0.15, 0.2) is 0 Å². The lowest BCUT2D eigenvalue weighted by atomic mass is 9.81. The highest BCUT2D eigenvalue weighted by atomic mass is 16.6. The van der Waals surface area contributed by atoms with Crippen molar-refractivity contribution in [3.05, 3.63) is 41.5 Å². The summed E-state index contributed by atoms with van der Waals surface area (Å²) >= 11 is 0. The number of carbonyl (C=O) groups is 1. The molecule has 0 bridgehead atoms. The summed E-state index contributed by atoms with van der Waals surface area (Å²) in [7, 11) is 0. The van der Waals surface area contributed by atoms with Gasteiger partial charge in [-0.1, -0.05) is 51.1 Å². The minimum Gasteiger partial charge on any atom is -0.460 e. The maximum Gasteiger partial charge on any atom is 0.309 e. The van der Waals surface area contributed by atoms with E-state index in [2.05, 4.69) is 51.1 Å². The van der Waals surface area contributed by atoms with Crippen LogP contribution < -0.4 is 0 Å². The summed E-state index contributed by atoms with van der Waals surface area (Å²) in [4.78, 5) is 12.7. The molecular weight excluding hydrogens is 284 g/mol. The Labute approximate surface area is 140 Å². The monoisotopic (exact) mass is 314 g/mol. The van der Waals surface area contributed by atoms with E-state index in [-0.39, 0.29) is 17.3 Å². The van der Waals surface area contributed by atoms with E-state index in [0.29, 0.717) is 0 Å². The zero-order chi connectivity index (χ0) is 17.3. The van der Waals surface area contributed by atoms with Gasteiger partial charge in [-0.3, -0.25) is 4.79 Å². The van der Waals surface area contributed by atoms with Crippen LogP contribution in [0.5, 0.6) is 0 Å². The van der Waals surface area contributed by atoms with Gasteiger partial charge in [0.2, 0.25) is 0 Å². The molecule has 0 aliphatic heterocycles. The largest absolute Gasteiger partial charge is 0.460 e. The number of hydrogen-bond acceptors (Lipinski definition) is 2. The van der Waals surface area contributed by atoms with E-state index in [1.165, 1.54) is 16.7 Å². The van der Waals surface area contributed by atoms with Crippen molar-refractivity contribution in [1.29, 1.82) is 0 Å². The molecule has 1 unspecified atom stereocenters. The van der Waals surface area contributed by atoms with Crippen LogP contribution in [0.4, 0.5) is 0 Å². The highest BCUT2D eigenvalue weighted by Gasteiger charge is 2.31. The third-order valence-electron chi connectivity index (χ3n) is 4.00. The van der Waals surface area contributed by atoms with E-state index < -0.39 is 5.60 Å². The van der Waals surface area contributed by atoms with Gasteiger partial charge in [-0.15, -0.1) is 0 Å². The number of carbonyl (C=O) groups excluding carboxylic acids is 1. The van der Waals surface area contributed by atoms with Crippen LogP contribution in [0.2, 0.25) is 0 Å². The van der Waals surface area contributed by atoms with Gasteiger partial charge in [0.05, 0.1) is 5.92 Å². The van der Waals surface area contributed by atoms with Crippen molar-refractivity contribution >= 4 is 11.5 Å². The lowest BCUT2D eigenvalue weighted by Gasteiger charge is -2.28. The van der Waals surface area contributed by atoms with E-state index >= 15 is 0 Å². The average molecular weight is 314 g/mol. The van der Waals surface area contributed by atoms with Crippen molar-refractivity contribution in [1.82, 2.24) is 0 Å². The van der Waals surface area contributed by atoms with Crippen molar-refractivity contribution in [3.63, 3.8) is 0 Å². The van der Waals surface area contributed by atoms with Crippen LogP contribution in [-0.4, -0.2) is 11.6 Å². The normalized spacial score (nSPS) is 15.8. The first-order valence-corrected chi connectivity index (χ1v) is 8.55. The van der Waals surface area contributed by atoms with Crippen LogP contribution >= 0.6 is 0 Å². The molecular formula is C21H30O2. The van der Waals surface area contributed by atoms with Gasteiger partial charge in [0.25, 0.3) is 0 Å². The number of esters is 1. The van der Waals surface area contributed by atoms with Crippen molar-refractivity contribution in [2.75, 3.05) is 0 Å². The minimum absolute atomic E-state index is 0.0716. The summed E-state index contributed by atoms with van der Waals surface area (Å²) in [6, 6.07) is 8.49. The third kappa shape index (κ3) is 5.23. The van der Waals surface area contributed by atoms with Crippen LogP contribution in [0.15, 0.2) is 30.3 Å². The Kier molecular flexibility index (Phi) is 5.03.